The number of benzene rings is 2. The minimum Gasteiger partial charge on any atom is -0.373 e. The van der Waals surface area contributed by atoms with E-state index in [-0.39, 0.29) is 0 Å². The molecule has 0 aliphatic carbocycles. The molecule has 0 aliphatic heterocycles. The van der Waals surface area contributed by atoms with Crippen LogP contribution >= 0.6 is 0 Å². The third-order valence-corrected chi connectivity index (χ3v) is 5.31. The van der Waals surface area contributed by atoms with Crippen LogP contribution in [-0.4, -0.2) is 32.5 Å². The third kappa shape index (κ3) is 3.44. The smallest absolute Gasteiger partial charge is 0.163 e. The van der Waals surface area contributed by atoms with Crippen LogP contribution < -0.4 is 5.32 Å². The zero-order valence-corrected chi connectivity index (χ0v) is 15.8. The summed E-state index contributed by atoms with van der Waals surface area (Å²) in [6.07, 6.45) is 5.17. The molecule has 134 valence electrons. The number of pyridine rings is 1. The second kappa shape index (κ2) is 7.25. The van der Waals surface area contributed by atoms with Gasteiger partial charge in [0.15, 0.2) is 5.82 Å². The van der Waals surface area contributed by atoms with Crippen molar-refractivity contribution in [2.75, 3.05) is 18.6 Å². The van der Waals surface area contributed by atoms with Gasteiger partial charge in [-0.3, -0.25) is 9.19 Å². The molecule has 1 unspecified atom stereocenters. The lowest BCUT2D eigenvalue weighted by Gasteiger charge is -2.10. The number of hydrogen-bond acceptors (Lipinski definition) is 5. The molecule has 0 amide bonds. The van der Waals surface area contributed by atoms with Gasteiger partial charge < -0.3 is 5.32 Å². The summed E-state index contributed by atoms with van der Waals surface area (Å²) < 4.78 is 11.6. The molecule has 1 atom stereocenters. The molecule has 0 saturated carbocycles. The van der Waals surface area contributed by atoms with E-state index in [1.807, 2.05) is 55.6 Å². The van der Waals surface area contributed by atoms with E-state index in [0.29, 0.717) is 5.82 Å². The second-order valence-corrected chi connectivity index (χ2v) is 7.48. The Morgan fingerprint density at radius 2 is 1.70 bits per heavy atom. The number of nitrogens with one attached hydrogen (secondary N) is 1. The fraction of sp³-hybridized carbons (Fsp3) is 0.0952. The molecular formula is C21H18N4OS. The molecule has 2 aromatic carbocycles. The number of fused-ring (bicyclic) bond motifs is 1. The van der Waals surface area contributed by atoms with Crippen LogP contribution in [0.25, 0.3) is 33.4 Å². The molecule has 0 saturated heterocycles. The molecule has 4 rings (SSSR count). The lowest BCUT2D eigenvalue weighted by Crippen LogP contribution is -1.99. The van der Waals surface area contributed by atoms with Gasteiger partial charge in [0.2, 0.25) is 0 Å². The van der Waals surface area contributed by atoms with Crippen LogP contribution in [0.1, 0.15) is 0 Å². The predicted octanol–water partition coefficient (Wildman–Crippen LogP) is 4.14. The maximum Gasteiger partial charge on any atom is 0.163 e. The van der Waals surface area contributed by atoms with E-state index < -0.39 is 10.8 Å². The molecule has 0 bridgehead atoms. The van der Waals surface area contributed by atoms with Crippen LogP contribution in [0.2, 0.25) is 0 Å². The number of aromatic nitrogens is 3. The molecule has 2 heterocycles. The predicted molar refractivity (Wildman–Crippen MR) is 110 cm³/mol. The van der Waals surface area contributed by atoms with Gasteiger partial charge in [-0.2, -0.15) is 0 Å². The van der Waals surface area contributed by atoms with Crippen LogP contribution in [0, 0.1) is 0 Å². The number of nitrogens with zero attached hydrogens (tertiary/aromatic N) is 3. The fourth-order valence-electron chi connectivity index (χ4n) is 2.96. The molecular weight excluding hydrogens is 356 g/mol. The summed E-state index contributed by atoms with van der Waals surface area (Å²) in [5.74, 6) is 1.41. The number of hydrogen-bond donors (Lipinski definition) is 1. The molecule has 2 aromatic heterocycles. The van der Waals surface area contributed by atoms with Crippen molar-refractivity contribution in [1.29, 1.82) is 0 Å². The summed E-state index contributed by atoms with van der Waals surface area (Å²) in [5.41, 5.74) is 3.86. The quantitative estimate of drug-likeness (QED) is 0.581. The molecule has 27 heavy (non-hydrogen) atoms. The Morgan fingerprint density at radius 1 is 0.926 bits per heavy atom. The zero-order valence-electron chi connectivity index (χ0n) is 15.0. The number of anilines is 1. The highest BCUT2D eigenvalue weighted by atomic mass is 32.2. The molecule has 0 spiro atoms. The van der Waals surface area contributed by atoms with Crippen molar-refractivity contribution in [1.82, 2.24) is 15.0 Å². The Bertz CT molecular complexity index is 1130. The largest absolute Gasteiger partial charge is 0.373 e. The summed E-state index contributed by atoms with van der Waals surface area (Å²) in [6, 6.07) is 17.7. The highest BCUT2D eigenvalue weighted by Gasteiger charge is 2.10. The highest BCUT2D eigenvalue weighted by Crippen LogP contribution is 2.29. The summed E-state index contributed by atoms with van der Waals surface area (Å²) in [7, 11) is 0.877. The first kappa shape index (κ1) is 17.3. The van der Waals surface area contributed by atoms with Crippen molar-refractivity contribution in [3.8, 4) is 22.5 Å². The summed E-state index contributed by atoms with van der Waals surface area (Å²) in [6.45, 7) is 0. The Morgan fingerprint density at radius 3 is 2.37 bits per heavy atom. The van der Waals surface area contributed by atoms with Gasteiger partial charge in [0.25, 0.3) is 0 Å². The van der Waals surface area contributed by atoms with Gasteiger partial charge in [-0.05, 0) is 47.5 Å². The summed E-state index contributed by atoms with van der Waals surface area (Å²) in [5, 5.41) is 4.12. The van der Waals surface area contributed by atoms with E-state index in [4.69, 9.17) is 4.98 Å². The van der Waals surface area contributed by atoms with Crippen molar-refractivity contribution in [2.24, 2.45) is 0 Å². The van der Waals surface area contributed by atoms with Crippen LogP contribution in [-0.2, 0) is 10.8 Å². The molecule has 6 heteroatoms. The standard InChI is InChI=1S/C21H18N4OS/c1-22-21-18-12-15(14-5-8-17(9-6-14)27(2)26)7-10-19(18)24-20(25-21)16-4-3-11-23-13-16/h3-13H,1-2H3,(H,22,24,25). The fourth-order valence-corrected chi connectivity index (χ4v) is 3.48. The molecule has 0 fully saturated rings. The topological polar surface area (TPSA) is 67.8 Å². The Labute approximate surface area is 160 Å². The highest BCUT2D eigenvalue weighted by molar-refractivity contribution is 7.84. The van der Waals surface area contributed by atoms with Crippen molar-refractivity contribution < 1.29 is 4.21 Å². The lowest BCUT2D eigenvalue weighted by atomic mass is 10.0. The van der Waals surface area contributed by atoms with Crippen molar-refractivity contribution in [2.45, 2.75) is 4.90 Å². The molecule has 0 aliphatic rings. The van der Waals surface area contributed by atoms with Gasteiger partial charge in [0.05, 0.1) is 5.52 Å². The van der Waals surface area contributed by atoms with Crippen LogP contribution in [0.15, 0.2) is 71.9 Å². The van der Waals surface area contributed by atoms with Gasteiger partial charge in [-0.1, -0.05) is 18.2 Å². The first-order valence-corrected chi connectivity index (χ1v) is 10.1. The van der Waals surface area contributed by atoms with Crippen molar-refractivity contribution >= 4 is 27.5 Å². The number of rotatable bonds is 4. The minimum absolute atomic E-state index is 0.641. The average Bonchev–Trinajstić information content (AvgIpc) is 2.73. The normalized spacial score (nSPS) is 12.1. The first-order valence-electron chi connectivity index (χ1n) is 8.49. The summed E-state index contributed by atoms with van der Waals surface area (Å²) >= 11 is 0. The van der Waals surface area contributed by atoms with Gasteiger partial charge in [-0.15, -0.1) is 0 Å². The van der Waals surface area contributed by atoms with Gasteiger partial charge in [-0.25, -0.2) is 9.97 Å². The van der Waals surface area contributed by atoms with E-state index in [1.54, 1.807) is 18.6 Å². The van der Waals surface area contributed by atoms with E-state index in [2.05, 4.69) is 21.4 Å². The third-order valence-electron chi connectivity index (χ3n) is 4.37. The van der Waals surface area contributed by atoms with Gasteiger partial charge in [0, 0.05) is 52.3 Å². The van der Waals surface area contributed by atoms with Crippen LogP contribution in [0.5, 0.6) is 0 Å². The monoisotopic (exact) mass is 374 g/mol. The average molecular weight is 374 g/mol. The van der Waals surface area contributed by atoms with E-state index in [9.17, 15) is 4.21 Å². The zero-order chi connectivity index (χ0) is 18.8. The molecule has 4 aromatic rings. The Balaban J connectivity index is 1.81. The van der Waals surface area contributed by atoms with E-state index >= 15 is 0 Å². The second-order valence-electron chi connectivity index (χ2n) is 6.10. The van der Waals surface area contributed by atoms with Crippen LogP contribution in [0.4, 0.5) is 5.82 Å². The van der Waals surface area contributed by atoms with Gasteiger partial charge >= 0.3 is 0 Å². The maximum atomic E-state index is 11.6. The lowest BCUT2D eigenvalue weighted by molar-refractivity contribution is 0.687. The first-order chi connectivity index (χ1) is 13.2. The maximum absolute atomic E-state index is 11.6. The molecule has 5 nitrogen and oxygen atoms in total. The van der Waals surface area contributed by atoms with Crippen LogP contribution in [0.3, 0.4) is 0 Å². The van der Waals surface area contributed by atoms with E-state index in [0.717, 1.165) is 38.3 Å². The molecule has 0 radical (unpaired) electrons. The summed E-state index contributed by atoms with van der Waals surface area (Å²) in [4.78, 5) is 14.3. The minimum atomic E-state index is -0.977. The van der Waals surface area contributed by atoms with E-state index in [1.165, 1.54) is 0 Å². The van der Waals surface area contributed by atoms with Crippen molar-refractivity contribution in [3.05, 3.63) is 67.0 Å². The Kier molecular flexibility index (Phi) is 4.64. The Hall–Kier alpha value is -3.12. The molecule has 1 N–H and O–H groups in total. The SMILES string of the molecule is CNc1nc(-c2cccnc2)nc2ccc(-c3ccc(S(C)=O)cc3)cc12. The van der Waals surface area contributed by atoms with Gasteiger partial charge in [0.1, 0.15) is 5.82 Å². The van der Waals surface area contributed by atoms with Crippen molar-refractivity contribution in [3.63, 3.8) is 0 Å².